The Morgan fingerprint density at radius 3 is 2.56 bits per heavy atom. The molecule has 0 radical (unpaired) electrons. The molecule has 18 heavy (non-hydrogen) atoms. The molecule has 2 aromatic rings. The van der Waals surface area contributed by atoms with Crippen molar-refractivity contribution in [2.45, 2.75) is 46.0 Å². The van der Waals surface area contributed by atoms with E-state index in [2.05, 4.69) is 56.9 Å². The van der Waals surface area contributed by atoms with Gasteiger partial charge in [-0.2, -0.15) is 0 Å². The number of benzene rings is 1. The van der Waals surface area contributed by atoms with Crippen LogP contribution in [-0.4, -0.2) is 4.98 Å². The molecule has 0 saturated heterocycles. The fourth-order valence-corrected chi connectivity index (χ4v) is 2.50. The van der Waals surface area contributed by atoms with Crippen LogP contribution in [0.5, 0.6) is 0 Å². The largest absolute Gasteiger partial charge is 0.236 e. The highest BCUT2D eigenvalue weighted by atomic mass is 35.5. The molecular formula is C16H20ClN. The van der Waals surface area contributed by atoms with E-state index in [1.54, 1.807) is 0 Å². The summed E-state index contributed by atoms with van der Waals surface area (Å²) < 4.78 is 0. The summed E-state index contributed by atoms with van der Waals surface area (Å²) in [6.45, 7) is 8.78. The number of hydrogen-bond acceptors (Lipinski definition) is 1. The van der Waals surface area contributed by atoms with E-state index in [1.807, 2.05) is 0 Å². The quantitative estimate of drug-likeness (QED) is 0.682. The van der Waals surface area contributed by atoms with Gasteiger partial charge in [0.15, 0.2) is 0 Å². The Morgan fingerprint density at radius 1 is 1.22 bits per heavy atom. The van der Waals surface area contributed by atoms with Gasteiger partial charge in [0.1, 0.15) is 5.15 Å². The first kappa shape index (κ1) is 13.4. The molecule has 2 heteroatoms. The average Bonchev–Trinajstić information content (AvgIpc) is 2.28. The summed E-state index contributed by atoms with van der Waals surface area (Å²) in [6, 6.07) is 8.55. The van der Waals surface area contributed by atoms with Crippen molar-refractivity contribution < 1.29 is 0 Å². The van der Waals surface area contributed by atoms with E-state index in [9.17, 15) is 0 Å². The topological polar surface area (TPSA) is 12.9 Å². The van der Waals surface area contributed by atoms with Crippen LogP contribution in [0.2, 0.25) is 5.15 Å². The van der Waals surface area contributed by atoms with Crippen molar-refractivity contribution in [3.8, 4) is 0 Å². The SMILES string of the molecule is CCCc1cc2cccc(C(C)(C)C)c2nc1Cl. The number of fused-ring (bicyclic) bond motifs is 1. The second-order valence-corrected chi connectivity index (χ2v) is 6.17. The Kier molecular flexibility index (Phi) is 3.63. The number of aromatic nitrogens is 1. The molecule has 0 bridgehead atoms. The van der Waals surface area contributed by atoms with Crippen molar-refractivity contribution in [3.05, 3.63) is 40.5 Å². The van der Waals surface area contributed by atoms with Crippen LogP contribution in [0.4, 0.5) is 0 Å². The summed E-state index contributed by atoms with van der Waals surface area (Å²) in [5.74, 6) is 0. The second-order valence-electron chi connectivity index (χ2n) is 5.82. The molecule has 1 aromatic carbocycles. The molecule has 0 N–H and O–H groups in total. The van der Waals surface area contributed by atoms with Gasteiger partial charge < -0.3 is 0 Å². The van der Waals surface area contributed by atoms with Gasteiger partial charge in [-0.25, -0.2) is 4.98 Å². The van der Waals surface area contributed by atoms with Gasteiger partial charge in [-0.3, -0.25) is 0 Å². The van der Waals surface area contributed by atoms with Crippen molar-refractivity contribution in [1.82, 2.24) is 4.98 Å². The molecule has 1 aromatic heterocycles. The van der Waals surface area contributed by atoms with E-state index in [4.69, 9.17) is 11.6 Å². The molecule has 0 atom stereocenters. The van der Waals surface area contributed by atoms with Crippen LogP contribution in [0.25, 0.3) is 10.9 Å². The Labute approximate surface area is 114 Å². The van der Waals surface area contributed by atoms with Crippen LogP contribution >= 0.6 is 11.6 Å². The molecule has 1 nitrogen and oxygen atoms in total. The highest BCUT2D eigenvalue weighted by Gasteiger charge is 2.18. The van der Waals surface area contributed by atoms with Crippen molar-refractivity contribution in [2.75, 3.05) is 0 Å². The van der Waals surface area contributed by atoms with Crippen LogP contribution in [0.1, 0.15) is 45.2 Å². The number of rotatable bonds is 2. The predicted molar refractivity (Wildman–Crippen MR) is 79.4 cm³/mol. The second kappa shape index (κ2) is 4.89. The van der Waals surface area contributed by atoms with Crippen molar-refractivity contribution in [2.24, 2.45) is 0 Å². The minimum atomic E-state index is 0.0854. The highest BCUT2D eigenvalue weighted by molar-refractivity contribution is 6.30. The standard InChI is InChI=1S/C16H20ClN/c1-5-7-12-10-11-8-6-9-13(16(2,3)4)14(11)18-15(12)17/h6,8-10H,5,7H2,1-4H3. The van der Waals surface area contributed by atoms with Gasteiger partial charge in [0.25, 0.3) is 0 Å². The number of halogens is 1. The van der Waals surface area contributed by atoms with Crippen molar-refractivity contribution >= 4 is 22.5 Å². The first-order valence-electron chi connectivity index (χ1n) is 6.52. The zero-order valence-electron chi connectivity index (χ0n) is 11.5. The van der Waals surface area contributed by atoms with Crippen LogP contribution in [-0.2, 0) is 11.8 Å². The molecule has 2 rings (SSSR count). The molecule has 0 aliphatic heterocycles. The number of para-hydroxylation sites is 1. The lowest BCUT2D eigenvalue weighted by Crippen LogP contribution is -2.12. The lowest BCUT2D eigenvalue weighted by molar-refractivity contribution is 0.594. The Balaban J connectivity index is 2.68. The molecule has 0 saturated carbocycles. The van der Waals surface area contributed by atoms with E-state index in [-0.39, 0.29) is 5.41 Å². The van der Waals surface area contributed by atoms with E-state index in [0.29, 0.717) is 5.15 Å². The van der Waals surface area contributed by atoms with Gasteiger partial charge in [-0.1, -0.05) is 63.9 Å². The van der Waals surface area contributed by atoms with E-state index in [0.717, 1.165) is 23.9 Å². The van der Waals surface area contributed by atoms with Crippen molar-refractivity contribution in [3.63, 3.8) is 0 Å². The average molecular weight is 262 g/mol. The zero-order valence-corrected chi connectivity index (χ0v) is 12.3. The predicted octanol–water partition coefficient (Wildman–Crippen LogP) is 5.14. The summed E-state index contributed by atoms with van der Waals surface area (Å²) in [7, 11) is 0. The zero-order chi connectivity index (χ0) is 13.3. The van der Waals surface area contributed by atoms with Gasteiger partial charge in [0, 0.05) is 5.39 Å². The number of hydrogen-bond donors (Lipinski definition) is 0. The van der Waals surface area contributed by atoms with Gasteiger partial charge in [0.2, 0.25) is 0 Å². The third kappa shape index (κ3) is 2.51. The third-order valence-corrected chi connectivity index (χ3v) is 3.53. The van der Waals surface area contributed by atoms with Gasteiger partial charge in [-0.05, 0) is 29.0 Å². The van der Waals surface area contributed by atoms with Gasteiger partial charge >= 0.3 is 0 Å². The van der Waals surface area contributed by atoms with Crippen LogP contribution < -0.4 is 0 Å². The summed E-state index contributed by atoms with van der Waals surface area (Å²) >= 11 is 6.29. The van der Waals surface area contributed by atoms with Crippen LogP contribution in [0, 0.1) is 0 Å². The maximum Gasteiger partial charge on any atom is 0.132 e. The monoisotopic (exact) mass is 261 g/mol. The molecule has 0 aliphatic rings. The Hall–Kier alpha value is -1.08. The first-order chi connectivity index (χ1) is 8.43. The summed E-state index contributed by atoms with van der Waals surface area (Å²) in [5.41, 5.74) is 3.53. The smallest absolute Gasteiger partial charge is 0.132 e. The van der Waals surface area contributed by atoms with E-state index >= 15 is 0 Å². The molecule has 0 fully saturated rings. The lowest BCUT2D eigenvalue weighted by Gasteiger charge is -2.21. The fraction of sp³-hybridized carbons (Fsp3) is 0.438. The number of nitrogens with zero attached hydrogens (tertiary/aromatic N) is 1. The third-order valence-electron chi connectivity index (χ3n) is 3.20. The number of pyridine rings is 1. The molecule has 0 unspecified atom stereocenters. The minimum Gasteiger partial charge on any atom is -0.236 e. The summed E-state index contributed by atoms with van der Waals surface area (Å²) in [4.78, 5) is 4.63. The van der Waals surface area contributed by atoms with Gasteiger partial charge in [0.05, 0.1) is 5.52 Å². The molecule has 1 heterocycles. The molecule has 96 valence electrons. The Morgan fingerprint density at radius 2 is 1.94 bits per heavy atom. The normalized spacial score (nSPS) is 12.1. The van der Waals surface area contributed by atoms with E-state index < -0.39 is 0 Å². The van der Waals surface area contributed by atoms with E-state index in [1.165, 1.54) is 10.9 Å². The summed E-state index contributed by atoms with van der Waals surface area (Å²) in [6.07, 6.45) is 2.08. The minimum absolute atomic E-state index is 0.0854. The fourth-order valence-electron chi connectivity index (χ4n) is 2.27. The highest BCUT2D eigenvalue weighted by Crippen LogP contribution is 2.31. The van der Waals surface area contributed by atoms with Crippen LogP contribution in [0.3, 0.4) is 0 Å². The van der Waals surface area contributed by atoms with Crippen LogP contribution in [0.15, 0.2) is 24.3 Å². The molecule has 0 amide bonds. The number of aryl methyl sites for hydroxylation is 1. The summed E-state index contributed by atoms with van der Waals surface area (Å²) in [5, 5.41) is 1.84. The van der Waals surface area contributed by atoms with Crippen molar-refractivity contribution in [1.29, 1.82) is 0 Å². The Bertz CT molecular complexity index is 567. The molecule has 0 aliphatic carbocycles. The van der Waals surface area contributed by atoms with Gasteiger partial charge in [-0.15, -0.1) is 0 Å². The lowest BCUT2D eigenvalue weighted by atomic mass is 9.85. The first-order valence-corrected chi connectivity index (χ1v) is 6.90. The maximum atomic E-state index is 6.29. The molecule has 0 spiro atoms. The molecular weight excluding hydrogens is 242 g/mol. The maximum absolute atomic E-state index is 6.29.